The van der Waals surface area contributed by atoms with Gasteiger partial charge in [-0.05, 0) is 47.9 Å². The van der Waals surface area contributed by atoms with E-state index in [1.54, 1.807) is 51.2 Å². The first-order valence-electron chi connectivity index (χ1n) is 8.72. The highest BCUT2D eigenvalue weighted by Gasteiger charge is 2.43. The lowest BCUT2D eigenvalue weighted by atomic mass is 9.86. The molecule has 0 saturated heterocycles. The summed E-state index contributed by atoms with van der Waals surface area (Å²) in [6, 6.07) is 9.25. The van der Waals surface area contributed by atoms with Crippen molar-refractivity contribution < 1.29 is 18.3 Å². The van der Waals surface area contributed by atoms with Gasteiger partial charge in [-0.25, -0.2) is 13.2 Å². The Morgan fingerprint density at radius 2 is 1.69 bits per heavy atom. The zero-order valence-corrected chi connectivity index (χ0v) is 18.3. The maximum absolute atomic E-state index is 13.6. The molecule has 1 atom stereocenters. The summed E-state index contributed by atoms with van der Waals surface area (Å²) in [4.78, 5) is 15.1. The fourth-order valence-electron chi connectivity index (χ4n) is 3.22. The number of sulfonamides is 1. The van der Waals surface area contributed by atoms with Gasteiger partial charge in [0.25, 0.3) is 10.0 Å². The normalized spacial score (nSPS) is 13.4. The van der Waals surface area contributed by atoms with Gasteiger partial charge in [-0.15, -0.1) is 0 Å². The largest absolute Gasteiger partial charge is 0.480 e. The number of aromatic amines is 1. The molecule has 0 spiro atoms. The number of benzene rings is 2. The van der Waals surface area contributed by atoms with E-state index in [0.29, 0.717) is 0 Å². The van der Waals surface area contributed by atoms with Gasteiger partial charge in [-0.2, -0.15) is 0 Å². The van der Waals surface area contributed by atoms with Crippen LogP contribution in [0.4, 0.5) is 5.69 Å². The van der Waals surface area contributed by atoms with E-state index in [1.807, 2.05) is 0 Å². The van der Waals surface area contributed by atoms with Crippen LogP contribution in [0.25, 0.3) is 10.9 Å². The summed E-state index contributed by atoms with van der Waals surface area (Å²) >= 11 is 12.0. The van der Waals surface area contributed by atoms with Crippen LogP contribution in [0.15, 0.2) is 53.6 Å². The van der Waals surface area contributed by atoms with Gasteiger partial charge >= 0.3 is 5.97 Å². The summed E-state index contributed by atoms with van der Waals surface area (Å²) in [5, 5.41) is 11.0. The summed E-state index contributed by atoms with van der Waals surface area (Å²) in [7, 11) is -4.30. The van der Waals surface area contributed by atoms with E-state index in [4.69, 9.17) is 23.2 Å². The molecule has 154 valence electrons. The number of carbonyl (C=O) groups is 1. The van der Waals surface area contributed by atoms with Crippen molar-refractivity contribution in [3.05, 3.63) is 58.7 Å². The SMILES string of the molecule is CC(C)(C)C(C(=O)O)N(c1ccc2[nH]ccc2c1)S(=O)(=O)c1cc(Cl)cc(Cl)c1. The zero-order valence-electron chi connectivity index (χ0n) is 16.0. The zero-order chi connectivity index (χ0) is 21.6. The molecule has 3 aromatic rings. The van der Waals surface area contributed by atoms with Crippen molar-refractivity contribution in [2.75, 3.05) is 4.31 Å². The molecular weight excluding hydrogens is 435 g/mol. The molecule has 0 aliphatic heterocycles. The summed E-state index contributed by atoms with van der Waals surface area (Å²) in [5.41, 5.74) is 0.129. The van der Waals surface area contributed by atoms with Gasteiger partial charge in [-0.1, -0.05) is 44.0 Å². The topological polar surface area (TPSA) is 90.5 Å². The van der Waals surface area contributed by atoms with Crippen LogP contribution in [0.2, 0.25) is 10.0 Å². The Hall–Kier alpha value is -2.22. The molecule has 1 heterocycles. The molecule has 1 unspecified atom stereocenters. The minimum absolute atomic E-state index is 0.139. The third-order valence-corrected chi connectivity index (χ3v) is 6.68. The minimum atomic E-state index is -4.30. The highest BCUT2D eigenvalue weighted by molar-refractivity contribution is 7.93. The van der Waals surface area contributed by atoms with Crippen molar-refractivity contribution in [2.24, 2.45) is 5.41 Å². The molecule has 0 aliphatic carbocycles. The van der Waals surface area contributed by atoms with Gasteiger partial charge in [0.1, 0.15) is 6.04 Å². The second kappa shape index (κ2) is 7.55. The fourth-order valence-corrected chi connectivity index (χ4v) is 5.73. The summed E-state index contributed by atoms with van der Waals surface area (Å²) in [5.74, 6) is -1.26. The lowest BCUT2D eigenvalue weighted by Gasteiger charge is -2.37. The van der Waals surface area contributed by atoms with Gasteiger partial charge in [0.2, 0.25) is 0 Å². The predicted molar refractivity (Wildman–Crippen MR) is 115 cm³/mol. The highest BCUT2D eigenvalue weighted by atomic mass is 35.5. The number of carboxylic acid groups (broad SMARTS) is 1. The number of aliphatic carboxylic acids is 1. The van der Waals surface area contributed by atoms with Crippen molar-refractivity contribution in [1.29, 1.82) is 0 Å². The smallest absolute Gasteiger partial charge is 0.328 e. The second-order valence-corrected chi connectivity index (χ2v) is 10.4. The van der Waals surface area contributed by atoms with E-state index in [-0.39, 0.29) is 20.6 Å². The van der Waals surface area contributed by atoms with Crippen LogP contribution >= 0.6 is 23.2 Å². The van der Waals surface area contributed by atoms with E-state index in [2.05, 4.69) is 4.98 Å². The second-order valence-electron chi connectivity index (χ2n) is 7.76. The van der Waals surface area contributed by atoms with Crippen molar-refractivity contribution in [3.8, 4) is 0 Å². The molecule has 0 saturated carbocycles. The number of halogens is 2. The van der Waals surface area contributed by atoms with Crippen LogP contribution in [0.1, 0.15) is 20.8 Å². The van der Waals surface area contributed by atoms with Crippen molar-refractivity contribution in [3.63, 3.8) is 0 Å². The first-order valence-corrected chi connectivity index (χ1v) is 10.9. The quantitative estimate of drug-likeness (QED) is 0.556. The van der Waals surface area contributed by atoms with Crippen LogP contribution in [-0.4, -0.2) is 30.5 Å². The average Bonchev–Trinajstić information content (AvgIpc) is 3.04. The molecule has 9 heteroatoms. The van der Waals surface area contributed by atoms with Crippen molar-refractivity contribution in [2.45, 2.75) is 31.7 Å². The molecule has 0 aliphatic rings. The van der Waals surface area contributed by atoms with Gasteiger partial charge in [0.05, 0.1) is 10.6 Å². The third-order valence-electron chi connectivity index (χ3n) is 4.47. The molecule has 0 bridgehead atoms. The van der Waals surface area contributed by atoms with Crippen LogP contribution in [0.5, 0.6) is 0 Å². The Kier molecular flexibility index (Phi) is 5.60. The number of anilines is 1. The first-order chi connectivity index (χ1) is 13.4. The van der Waals surface area contributed by atoms with Crippen LogP contribution in [-0.2, 0) is 14.8 Å². The summed E-state index contributed by atoms with van der Waals surface area (Å²) in [6.45, 7) is 5.02. The Morgan fingerprint density at radius 1 is 1.07 bits per heavy atom. The van der Waals surface area contributed by atoms with Gasteiger partial charge in [0.15, 0.2) is 0 Å². The van der Waals surface area contributed by atoms with E-state index in [0.717, 1.165) is 15.2 Å². The van der Waals surface area contributed by atoms with Crippen LogP contribution in [0, 0.1) is 5.41 Å². The molecule has 2 N–H and O–H groups in total. The maximum atomic E-state index is 13.6. The number of aromatic nitrogens is 1. The maximum Gasteiger partial charge on any atom is 0.328 e. The number of nitrogens with one attached hydrogen (secondary N) is 1. The van der Waals surface area contributed by atoms with Crippen molar-refractivity contribution in [1.82, 2.24) is 4.98 Å². The number of H-pyrrole nitrogens is 1. The molecule has 6 nitrogen and oxygen atoms in total. The predicted octanol–water partition coefficient (Wildman–Crippen LogP) is 5.17. The van der Waals surface area contributed by atoms with Gasteiger partial charge in [0, 0.05) is 27.1 Å². The van der Waals surface area contributed by atoms with E-state index >= 15 is 0 Å². The molecule has 29 heavy (non-hydrogen) atoms. The number of nitrogens with zero attached hydrogens (tertiary/aromatic N) is 1. The molecule has 0 radical (unpaired) electrons. The number of fused-ring (bicyclic) bond motifs is 1. The van der Waals surface area contributed by atoms with E-state index in [1.165, 1.54) is 18.2 Å². The molecule has 0 amide bonds. The molecule has 2 aromatic carbocycles. The lowest BCUT2D eigenvalue weighted by Crippen LogP contribution is -2.52. The molecule has 1 aromatic heterocycles. The van der Waals surface area contributed by atoms with Crippen molar-refractivity contribution >= 4 is 55.8 Å². The average molecular weight is 455 g/mol. The number of carboxylic acids is 1. The van der Waals surface area contributed by atoms with Crippen LogP contribution in [0.3, 0.4) is 0 Å². The summed E-state index contributed by atoms with van der Waals surface area (Å²) < 4.78 is 28.2. The molecular formula is C20H20Cl2N2O4S. The Morgan fingerprint density at radius 3 is 2.24 bits per heavy atom. The minimum Gasteiger partial charge on any atom is -0.480 e. The van der Waals surface area contributed by atoms with E-state index in [9.17, 15) is 18.3 Å². The fraction of sp³-hybridized carbons (Fsp3) is 0.250. The highest BCUT2D eigenvalue weighted by Crippen LogP contribution is 2.36. The Bertz CT molecular complexity index is 1160. The van der Waals surface area contributed by atoms with E-state index < -0.39 is 27.4 Å². The van der Waals surface area contributed by atoms with Gasteiger partial charge in [-0.3, -0.25) is 4.31 Å². The van der Waals surface area contributed by atoms with Gasteiger partial charge < -0.3 is 10.1 Å². The number of rotatable bonds is 5. The Labute approximate surface area is 179 Å². The number of hydrogen-bond donors (Lipinski definition) is 2. The monoisotopic (exact) mass is 454 g/mol. The third kappa shape index (κ3) is 4.22. The first kappa shape index (κ1) is 21.5. The van der Waals surface area contributed by atoms with Crippen LogP contribution < -0.4 is 4.31 Å². The Balaban J connectivity index is 2.30. The standard InChI is InChI=1S/C20H20Cl2N2O4S/c1-20(2,3)18(19(25)26)24(15-4-5-17-12(8-15)6-7-23-17)29(27,28)16-10-13(21)9-14(22)11-16/h4-11,18,23H,1-3H3,(H,25,26). The summed E-state index contributed by atoms with van der Waals surface area (Å²) in [6.07, 6.45) is 1.72. The lowest BCUT2D eigenvalue weighted by molar-refractivity contribution is -0.140. The number of hydrogen-bond acceptors (Lipinski definition) is 3. The molecule has 3 rings (SSSR count). The molecule has 0 fully saturated rings.